The summed E-state index contributed by atoms with van der Waals surface area (Å²) in [6, 6.07) is 4.19. The molecule has 2 N–H and O–H groups in total. The van der Waals surface area contributed by atoms with Crippen molar-refractivity contribution >= 4 is 15.9 Å². The molecule has 0 radical (unpaired) electrons. The van der Waals surface area contributed by atoms with Crippen molar-refractivity contribution in [2.24, 2.45) is 0 Å². The van der Waals surface area contributed by atoms with Gasteiger partial charge in [0, 0.05) is 12.1 Å². The van der Waals surface area contributed by atoms with Gasteiger partial charge in [0.15, 0.2) is 0 Å². The summed E-state index contributed by atoms with van der Waals surface area (Å²) < 4.78 is 6.40. The summed E-state index contributed by atoms with van der Waals surface area (Å²) in [5.41, 5.74) is 5.29. The molecule has 0 aliphatic rings. The minimum Gasteiger partial charge on any atom is -0.496 e. The number of nitrogens with zero attached hydrogens (tertiary/aromatic N) is 1. The lowest BCUT2D eigenvalue weighted by Gasteiger charge is -2.10. The van der Waals surface area contributed by atoms with E-state index in [9.17, 15) is 0 Å². The largest absolute Gasteiger partial charge is 0.496 e. The predicted molar refractivity (Wildman–Crippen MR) is 80.5 cm³/mol. The van der Waals surface area contributed by atoms with Gasteiger partial charge in [-0.3, -0.25) is 5.10 Å². The van der Waals surface area contributed by atoms with Crippen LogP contribution in [0.15, 0.2) is 16.6 Å². The van der Waals surface area contributed by atoms with E-state index < -0.39 is 0 Å². The molecule has 1 aromatic carbocycles. The van der Waals surface area contributed by atoms with Crippen LogP contribution < -0.4 is 10.1 Å². The average molecular weight is 324 g/mol. The molecule has 2 aromatic rings. The van der Waals surface area contributed by atoms with E-state index in [0.29, 0.717) is 0 Å². The molecule has 0 bridgehead atoms. The Hall–Kier alpha value is -1.33. The van der Waals surface area contributed by atoms with Crippen LogP contribution in [0.2, 0.25) is 0 Å². The lowest BCUT2D eigenvalue weighted by atomic mass is 10.0. The van der Waals surface area contributed by atoms with Gasteiger partial charge in [0.1, 0.15) is 11.4 Å². The van der Waals surface area contributed by atoms with E-state index in [0.717, 1.165) is 44.8 Å². The lowest BCUT2D eigenvalue weighted by molar-refractivity contribution is 0.408. The minimum absolute atomic E-state index is 0.752. The molecule has 0 saturated heterocycles. The Bertz CT molecular complexity index is 569. The molecule has 0 saturated carbocycles. The Morgan fingerprint density at radius 1 is 1.32 bits per heavy atom. The van der Waals surface area contributed by atoms with Crippen LogP contribution in [0.5, 0.6) is 5.75 Å². The second-order valence-corrected chi connectivity index (χ2v) is 5.33. The Labute approximate surface area is 121 Å². The van der Waals surface area contributed by atoms with E-state index in [1.807, 2.05) is 20.9 Å². The van der Waals surface area contributed by atoms with Gasteiger partial charge in [-0.1, -0.05) is 0 Å². The number of benzene rings is 1. The van der Waals surface area contributed by atoms with Gasteiger partial charge in [0.05, 0.1) is 17.3 Å². The molecule has 0 amide bonds. The number of nitrogens with one attached hydrogen (secondary N) is 2. The van der Waals surface area contributed by atoms with Crippen molar-refractivity contribution in [3.05, 3.63) is 33.4 Å². The number of halogens is 1. The number of aromatic amines is 1. The Morgan fingerprint density at radius 3 is 2.47 bits per heavy atom. The molecule has 4 nitrogen and oxygen atoms in total. The maximum atomic E-state index is 5.39. The number of hydrogen-bond donors (Lipinski definition) is 2. The van der Waals surface area contributed by atoms with E-state index in [-0.39, 0.29) is 0 Å². The minimum atomic E-state index is 0.752. The topological polar surface area (TPSA) is 49.9 Å². The molecule has 0 fully saturated rings. The first-order valence-electron chi connectivity index (χ1n) is 6.11. The standard InChI is InChI=1S/C14H18BrN3O/c1-8-5-10(6-9(2)14(8)19-4)13-12(15)11(7-16-3)17-18-13/h5-6,16H,7H2,1-4H3,(H,17,18). The maximum Gasteiger partial charge on any atom is 0.124 e. The SMILES string of the molecule is CNCc1[nH]nc(-c2cc(C)c(OC)c(C)c2)c1Br. The number of methoxy groups -OCH3 is 1. The Morgan fingerprint density at radius 2 is 1.95 bits per heavy atom. The van der Waals surface area contributed by atoms with Gasteiger partial charge in [-0.25, -0.2) is 0 Å². The van der Waals surface area contributed by atoms with Crippen LogP contribution in [0, 0.1) is 13.8 Å². The van der Waals surface area contributed by atoms with Crippen molar-refractivity contribution < 1.29 is 4.74 Å². The van der Waals surface area contributed by atoms with E-state index in [2.05, 4.69) is 43.6 Å². The van der Waals surface area contributed by atoms with Gasteiger partial charge >= 0.3 is 0 Å². The molecular weight excluding hydrogens is 306 g/mol. The second-order valence-electron chi connectivity index (χ2n) is 4.54. The van der Waals surface area contributed by atoms with Gasteiger partial charge in [-0.05, 0) is 60.1 Å². The number of hydrogen-bond acceptors (Lipinski definition) is 3. The van der Waals surface area contributed by atoms with Crippen LogP contribution in [0.4, 0.5) is 0 Å². The van der Waals surface area contributed by atoms with Gasteiger partial charge in [0.25, 0.3) is 0 Å². The first-order chi connectivity index (χ1) is 9.08. The van der Waals surface area contributed by atoms with Crippen LogP contribution in [0.3, 0.4) is 0 Å². The molecule has 19 heavy (non-hydrogen) atoms. The van der Waals surface area contributed by atoms with Crippen LogP contribution in [-0.4, -0.2) is 24.4 Å². The Balaban J connectivity index is 2.48. The number of aromatic nitrogens is 2. The van der Waals surface area contributed by atoms with Crippen molar-refractivity contribution in [1.29, 1.82) is 0 Å². The van der Waals surface area contributed by atoms with Crippen molar-refractivity contribution in [1.82, 2.24) is 15.5 Å². The second kappa shape index (κ2) is 5.75. The third-order valence-corrected chi connectivity index (χ3v) is 3.92. The maximum absolute atomic E-state index is 5.39. The Kier molecular flexibility index (Phi) is 4.27. The van der Waals surface area contributed by atoms with Crippen molar-refractivity contribution in [2.45, 2.75) is 20.4 Å². The van der Waals surface area contributed by atoms with Crippen molar-refractivity contribution in [2.75, 3.05) is 14.2 Å². The van der Waals surface area contributed by atoms with Crippen molar-refractivity contribution in [3.8, 4) is 17.0 Å². The smallest absolute Gasteiger partial charge is 0.124 e. The van der Waals surface area contributed by atoms with Crippen LogP contribution in [0.1, 0.15) is 16.8 Å². The molecular formula is C14H18BrN3O. The molecule has 2 rings (SSSR count). The van der Waals surface area contributed by atoms with Crippen molar-refractivity contribution in [3.63, 3.8) is 0 Å². The third-order valence-electron chi connectivity index (χ3n) is 3.07. The fourth-order valence-corrected chi connectivity index (χ4v) is 2.81. The molecule has 0 unspecified atom stereocenters. The monoisotopic (exact) mass is 323 g/mol. The van der Waals surface area contributed by atoms with Crippen LogP contribution in [0.25, 0.3) is 11.3 Å². The fourth-order valence-electron chi connectivity index (χ4n) is 2.26. The highest BCUT2D eigenvalue weighted by atomic mass is 79.9. The molecule has 0 atom stereocenters. The number of ether oxygens (including phenoxy) is 1. The highest BCUT2D eigenvalue weighted by Gasteiger charge is 2.14. The third kappa shape index (κ3) is 2.67. The normalized spacial score (nSPS) is 10.8. The first-order valence-corrected chi connectivity index (χ1v) is 6.90. The number of rotatable bonds is 4. The van der Waals surface area contributed by atoms with Crippen LogP contribution >= 0.6 is 15.9 Å². The molecule has 1 heterocycles. The molecule has 0 aliphatic carbocycles. The summed E-state index contributed by atoms with van der Waals surface area (Å²) in [5, 5.41) is 10.5. The van der Waals surface area contributed by atoms with Crippen LogP contribution in [-0.2, 0) is 6.54 Å². The zero-order valence-electron chi connectivity index (χ0n) is 11.6. The van der Waals surface area contributed by atoms with Gasteiger partial charge < -0.3 is 10.1 Å². The summed E-state index contributed by atoms with van der Waals surface area (Å²) in [4.78, 5) is 0. The summed E-state index contributed by atoms with van der Waals surface area (Å²) in [6.45, 7) is 4.84. The van der Waals surface area contributed by atoms with E-state index >= 15 is 0 Å². The molecule has 1 aromatic heterocycles. The van der Waals surface area contributed by atoms with E-state index in [4.69, 9.17) is 4.74 Å². The highest BCUT2D eigenvalue weighted by Crippen LogP contribution is 2.33. The van der Waals surface area contributed by atoms with Gasteiger partial charge in [0.2, 0.25) is 0 Å². The molecule has 5 heteroatoms. The fraction of sp³-hybridized carbons (Fsp3) is 0.357. The highest BCUT2D eigenvalue weighted by molar-refractivity contribution is 9.10. The average Bonchev–Trinajstić information content (AvgIpc) is 2.71. The summed E-state index contributed by atoms with van der Waals surface area (Å²) in [7, 11) is 3.61. The van der Waals surface area contributed by atoms with Gasteiger partial charge in [-0.2, -0.15) is 5.10 Å². The predicted octanol–water partition coefficient (Wildman–Crippen LogP) is 3.18. The molecule has 0 spiro atoms. The zero-order chi connectivity index (χ0) is 14.0. The summed E-state index contributed by atoms with van der Waals surface area (Å²) >= 11 is 3.61. The van der Waals surface area contributed by atoms with E-state index in [1.165, 1.54) is 0 Å². The first kappa shape index (κ1) is 14.1. The number of aryl methyl sites for hydroxylation is 2. The molecule has 102 valence electrons. The summed E-state index contributed by atoms with van der Waals surface area (Å²) in [5.74, 6) is 0.936. The number of H-pyrrole nitrogens is 1. The van der Waals surface area contributed by atoms with E-state index in [1.54, 1.807) is 7.11 Å². The zero-order valence-corrected chi connectivity index (χ0v) is 13.2. The lowest BCUT2D eigenvalue weighted by Crippen LogP contribution is -2.05. The van der Waals surface area contributed by atoms with Gasteiger partial charge in [-0.15, -0.1) is 0 Å². The quantitative estimate of drug-likeness (QED) is 0.908. The summed E-state index contributed by atoms with van der Waals surface area (Å²) in [6.07, 6.45) is 0. The molecule has 0 aliphatic heterocycles.